The quantitative estimate of drug-likeness (QED) is 0.339. The fourth-order valence-corrected chi connectivity index (χ4v) is 3.31. The lowest BCUT2D eigenvalue weighted by Gasteiger charge is -2.11. The van der Waals surface area contributed by atoms with Crippen LogP contribution in [0.1, 0.15) is 80.9 Å². The van der Waals surface area contributed by atoms with Crippen molar-refractivity contribution in [2.45, 2.75) is 84.5 Å². The van der Waals surface area contributed by atoms with Crippen LogP contribution in [0.4, 0.5) is 0 Å². The van der Waals surface area contributed by atoms with Crippen molar-refractivity contribution in [2.24, 2.45) is 0 Å². The van der Waals surface area contributed by atoms with Gasteiger partial charge >= 0.3 is 5.97 Å². The summed E-state index contributed by atoms with van der Waals surface area (Å²) in [5.74, 6) is -0.664. The van der Waals surface area contributed by atoms with Gasteiger partial charge in [-0.3, -0.25) is 4.79 Å². The molecule has 0 heterocycles. The van der Waals surface area contributed by atoms with Crippen LogP contribution in [-0.2, 0) is 11.2 Å². The normalized spacial score (nSPS) is 10.5. The average Bonchev–Trinajstić information content (AvgIpc) is 2.52. The highest BCUT2D eigenvalue weighted by Crippen LogP contribution is 2.17. The number of carboxylic acids is 1. The van der Waals surface area contributed by atoms with Gasteiger partial charge in [-0.2, -0.15) is 0 Å². The van der Waals surface area contributed by atoms with Crippen molar-refractivity contribution in [3.8, 4) is 0 Å². The summed E-state index contributed by atoms with van der Waals surface area (Å²) in [7, 11) is 2.81. The predicted molar refractivity (Wildman–Crippen MR) is 113 cm³/mol. The summed E-state index contributed by atoms with van der Waals surface area (Å²) in [5.41, 5.74) is 4.38. The molecule has 1 N–H and O–H groups in total. The van der Waals surface area contributed by atoms with Crippen molar-refractivity contribution in [3.63, 3.8) is 0 Å². The van der Waals surface area contributed by atoms with Crippen LogP contribution >= 0.6 is 26.2 Å². The summed E-state index contributed by atoms with van der Waals surface area (Å²) in [4.78, 5) is 10.4. The maximum atomic E-state index is 10.4. The minimum atomic E-state index is -0.664. The van der Waals surface area contributed by atoms with Crippen LogP contribution < -0.4 is 5.30 Å². The third-order valence-electron chi connectivity index (χ3n) is 4.78. The van der Waals surface area contributed by atoms with Gasteiger partial charge in [0.25, 0.3) is 0 Å². The Morgan fingerprint density at radius 3 is 1.92 bits per heavy atom. The lowest BCUT2D eigenvalue weighted by atomic mass is 9.98. The highest BCUT2D eigenvalue weighted by atomic mass is 79.9. The fourth-order valence-electron chi connectivity index (χ4n) is 3.00. The van der Waals surface area contributed by atoms with Crippen molar-refractivity contribution < 1.29 is 9.90 Å². The van der Waals surface area contributed by atoms with Gasteiger partial charge in [0.2, 0.25) is 0 Å². The second-order valence-electron chi connectivity index (χ2n) is 6.64. The molecule has 0 saturated heterocycles. The van der Waals surface area contributed by atoms with Gasteiger partial charge in [0.15, 0.2) is 0 Å². The van der Waals surface area contributed by atoms with Crippen molar-refractivity contribution in [3.05, 3.63) is 28.8 Å². The number of unbranched alkanes of at least 4 members (excludes halogenated alkanes) is 8. The predicted octanol–water partition coefficient (Wildman–Crippen LogP) is 5.91. The van der Waals surface area contributed by atoms with Crippen molar-refractivity contribution in [1.29, 1.82) is 0 Å². The molecule has 24 heavy (non-hydrogen) atoms. The van der Waals surface area contributed by atoms with E-state index in [4.69, 9.17) is 5.11 Å². The number of halogens is 1. The van der Waals surface area contributed by atoms with E-state index in [0.29, 0.717) is 6.42 Å². The zero-order valence-electron chi connectivity index (χ0n) is 15.3. The molecule has 1 aromatic rings. The van der Waals surface area contributed by atoms with Crippen LogP contribution in [0.3, 0.4) is 0 Å². The molecule has 0 fully saturated rings. The number of hydrogen-bond donors (Lipinski definition) is 1. The zero-order chi connectivity index (χ0) is 17.1. The molecule has 0 aliphatic heterocycles. The lowest BCUT2D eigenvalue weighted by Crippen LogP contribution is -2.03. The van der Waals surface area contributed by atoms with Crippen molar-refractivity contribution in [2.75, 3.05) is 0 Å². The molecule has 0 aliphatic carbocycles. The van der Waals surface area contributed by atoms with Gasteiger partial charge in [0.05, 0.1) is 0 Å². The number of aliphatic carboxylic acids is 1. The van der Waals surface area contributed by atoms with Gasteiger partial charge in [-0.25, -0.2) is 0 Å². The van der Waals surface area contributed by atoms with Crippen LogP contribution in [-0.4, -0.2) is 11.1 Å². The van der Waals surface area contributed by atoms with Crippen LogP contribution in [0.25, 0.3) is 0 Å². The molecule has 2 nitrogen and oxygen atoms in total. The summed E-state index contributed by atoms with van der Waals surface area (Å²) in [6.45, 7) is 4.44. The summed E-state index contributed by atoms with van der Waals surface area (Å²) in [5, 5.41) is 9.88. The number of aryl methyl sites for hydroxylation is 1. The van der Waals surface area contributed by atoms with Crippen LogP contribution in [0.15, 0.2) is 12.1 Å². The van der Waals surface area contributed by atoms with Gasteiger partial charge in [-0.05, 0) is 55.1 Å². The van der Waals surface area contributed by atoms with E-state index >= 15 is 0 Å². The van der Waals surface area contributed by atoms with Gasteiger partial charge in [0.1, 0.15) is 0 Å². The van der Waals surface area contributed by atoms with E-state index in [2.05, 4.69) is 35.2 Å². The number of carbonyl (C=O) groups is 1. The number of rotatable bonds is 12. The molecule has 0 aromatic heterocycles. The first-order valence-electron chi connectivity index (χ1n) is 9.08. The highest BCUT2D eigenvalue weighted by Gasteiger charge is 2.03. The van der Waals surface area contributed by atoms with Gasteiger partial charge < -0.3 is 5.11 Å². The second kappa shape index (κ2) is 13.8. The summed E-state index contributed by atoms with van der Waals surface area (Å²) in [6, 6.07) is 4.49. The Morgan fingerprint density at radius 2 is 1.38 bits per heavy atom. The second-order valence-corrected chi connectivity index (χ2v) is 7.26. The molecule has 0 radical (unpaired) electrons. The topological polar surface area (TPSA) is 37.3 Å². The SMILES string of the molecule is Br.Cc1c(P)ccc(CCCCCCCCCCCC(=O)O)c1C. The molecular weight excluding hydrogens is 383 g/mol. The Morgan fingerprint density at radius 1 is 0.875 bits per heavy atom. The van der Waals surface area contributed by atoms with Crippen LogP contribution in [0, 0.1) is 13.8 Å². The highest BCUT2D eigenvalue weighted by molar-refractivity contribution is 8.93. The molecule has 1 aromatic carbocycles. The van der Waals surface area contributed by atoms with Crippen molar-refractivity contribution in [1.82, 2.24) is 0 Å². The van der Waals surface area contributed by atoms with Crippen molar-refractivity contribution >= 4 is 37.5 Å². The molecule has 0 spiro atoms. The number of hydrogen-bond acceptors (Lipinski definition) is 1. The fraction of sp³-hybridized carbons (Fsp3) is 0.650. The summed E-state index contributed by atoms with van der Waals surface area (Å²) in [6.07, 6.45) is 12.4. The Labute approximate surface area is 160 Å². The van der Waals surface area contributed by atoms with Crippen LogP contribution in [0.2, 0.25) is 0 Å². The molecule has 138 valence electrons. The first-order valence-corrected chi connectivity index (χ1v) is 9.66. The molecular formula is C20H34BrO2P. The Hall–Kier alpha value is -0.400. The van der Waals surface area contributed by atoms with Gasteiger partial charge in [0, 0.05) is 6.42 Å². The standard InChI is InChI=1S/C20H33O2P.BrH/c1-16-17(2)19(23)15-14-18(16)12-10-8-6-4-3-5-7-9-11-13-20(21)22;/h14-15H,3-13,23H2,1-2H3,(H,21,22);1H. The van der Waals surface area contributed by atoms with E-state index in [1.807, 2.05) is 0 Å². The summed E-state index contributed by atoms with van der Waals surface area (Å²) >= 11 is 0. The smallest absolute Gasteiger partial charge is 0.303 e. The van der Waals surface area contributed by atoms with Gasteiger partial charge in [-0.15, -0.1) is 26.2 Å². The molecule has 1 rings (SSSR count). The summed E-state index contributed by atoms with van der Waals surface area (Å²) < 4.78 is 0. The molecule has 0 aliphatic rings. The Balaban J connectivity index is 0.00000529. The number of carboxylic acid groups (broad SMARTS) is 1. The minimum absolute atomic E-state index is 0. The third-order valence-corrected chi connectivity index (χ3v) is 5.40. The average molecular weight is 417 g/mol. The zero-order valence-corrected chi connectivity index (χ0v) is 18.1. The first-order chi connectivity index (χ1) is 11.0. The molecule has 4 heteroatoms. The lowest BCUT2D eigenvalue weighted by molar-refractivity contribution is -0.137. The monoisotopic (exact) mass is 416 g/mol. The van der Waals surface area contributed by atoms with Gasteiger partial charge in [-0.1, -0.05) is 57.1 Å². The van der Waals surface area contributed by atoms with E-state index in [1.165, 1.54) is 73.4 Å². The van der Waals surface area contributed by atoms with E-state index in [0.717, 1.165) is 12.8 Å². The maximum absolute atomic E-state index is 10.4. The Kier molecular flexibility index (Phi) is 13.6. The number of benzene rings is 1. The minimum Gasteiger partial charge on any atom is -0.481 e. The van der Waals surface area contributed by atoms with Crippen LogP contribution in [0.5, 0.6) is 0 Å². The molecule has 1 unspecified atom stereocenters. The van der Waals surface area contributed by atoms with E-state index < -0.39 is 5.97 Å². The molecule has 0 saturated carbocycles. The van der Waals surface area contributed by atoms with E-state index in [-0.39, 0.29) is 17.0 Å². The molecule has 1 atom stereocenters. The third kappa shape index (κ3) is 9.79. The molecule has 0 amide bonds. The maximum Gasteiger partial charge on any atom is 0.303 e. The van der Waals surface area contributed by atoms with E-state index in [9.17, 15) is 4.79 Å². The first kappa shape index (κ1) is 23.6. The largest absolute Gasteiger partial charge is 0.481 e. The Bertz CT molecular complexity index is 489. The molecule has 0 bridgehead atoms. The van der Waals surface area contributed by atoms with E-state index in [1.54, 1.807) is 0 Å².